The number of likely N-dealkylation sites (tertiary alicyclic amines) is 1. The minimum Gasteiger partial charge on any atom is -0.462 e. The molecule has 14 heteroatoms. The van der Waals surface area contributed by atoms with Crippen LogP contribution in [0.1, 0.15) is 25.7 Å². The van der Waals surface area contributed by atoms with Crippen molar-refractivity contribution in [2.75, 3.05) is 44.7 Å². The zero-order valence-corrected chi connectivity index (χ0v) is 25.9. The number of pyridine rings is 2. The molecular weight excluding hydrogens is 618 g/mol. The summed E-state index contributed by atoms with van der Waals surface area (Å²) in [6, 6.07) is 9.41. The SMILES string of the molecule is C=C(F)C(=O)N1CCN(c2nc(OC[C@@H]3CCCN3C)nc3nc(-c4[nH]c(=O)cc5cccc(Cl)c45)c(F)cc23)C[C@@H]1CCC#N. The van der Waals surface area contributed by atoms with E-state index in [-0.39, 0.29) is 60.5 Å². The summed E-state index contributed by atoms with van der Waals surface area (Å²) < 4.78 is 36.0. The Kier molecular flexibility index (Phi) is 8.84. The second-order valence-electron chi connectivity index (χ2n) is 11.5. The van der Waals surface area contributed by atoms with Gasteiger partial charge in [-0.1, -0.05) is 30.3 Å². The summed E-state index contributed by atoms with van der Waals surface area (Å²) in [5.74, 6) is -2.35. The van der Waals surface area contributed by atoms with Crippen molar-refractivity contribution in [3.63, 3.8) is 0 Å². The van der Waals surface area contributed by atoms with E-state index in [0.717, 1.165) is 19.4 Å². The Morgan fingerprint density at radius 3 is 2.78 bits per heavy atom. The van der Waals surface area contributed by atoms with Gasteiger partial charge in [0.2, 0.25) is 5.56 Å². The third kappa shape index (κ3) is 6.10. The van der Waals surface area contributed by atoms with Gasteiger partial charge in [-0.05, 0) is 50.4 Å². The Morgan fingerprint density at radius 1 is 1.22 bits per heavy atom. The van der Waals surface area contributed by atoms with E-state index in [1.807, 2.05) is 11.9 Å². The smallest absolute Gasteiger partial charge is 0.320 e. The van der Waals surface area contributed by atoms with E-state index in [1.54, 1.807) is 18.2 Å². The summed E-state index contributed by atoms with van der Waals surface area (Å²) in [5.41, 5.74) is -0.382. The van der Waals surface area contributed by atoms with Crippen LogP contribution in [0.4, 0.5) is 14.6 Å². The lowest BCUT2D eigenvalue weighted by molar-refractivity contribution is -0.131. The van der Waals surface area contributed by atoms with E-state index in [2.05, 4.69) is 37.5 Å². The lowest BCUT2D eigenvalue weighted by Gasteiger charge is -2.41. The number of halogens is 3. The highest BCUT2D eigenvalue weighted by atomic mass is 35.5. The number of carbonyl (C=O) groups is 1. The predicted molar refractivity (Wildman–Crippen MR) is 170 cm³/mol. The summed E-state index contributed by atoms with van der Waals surface area (Å²) in [6.07, 6.45) is 2.43. The number of carbonyl (C=O) groups excluding carboxylic acids is 1. The lowest BCUT2D eigenvalue weighted by atomic mass is 10.0. The van der Waals surface area contributed by atoms with Gasteiger partial charge >= 0.3 is 6.01 Å². The largest absolute Gasteiger partial charge is 0.462 e. The fourth-order valence-corrected chi connectivity index (χ4v) is 6.53. The molecule has 2 aliphatic heterocycles. The minimum absolute atomic E-state index is 0.0292. The highest BCUT2D eigenvalue weighted by Gasteiger charge is 2.33. The number of piperazine rings is 1. The molecule has 5 heterocycles. The number of hydrogen-bond acceptors (Lipinski definition) is 9. The zero-order valence-electron chi connectivity index (χ0n) is 25.1. The first-order chi connectivity index (χ1) is 22.1. The van der Waals surface area contributed by atoms with Crippen LogP contribution in [0, 0.1) is 17.1 Å². The predicted octanol–water partition coefficient (Wildman–Crippen LogP) is 4.60. The van der Waals surface area contributed by atoms with E-state index in [0.29, 0.717) is 34.6 Å². The molecule has 1 N–H and O–H groups in total. The number of H-pyrrole nitrogens is 1. The molecule has 0 aliphatic carbocycles. The van der Waals surface area contributed by atoms with Gasteiger partial charge in [-0.25, -0.2) is 13.8 Å². The van der Waals surface area contributed by atoms with Gasteiger partial charge in [-0.15, -0.1) is 0 Å². The first kappa shape index (κ1) is 31.3. The molecule has 6 rings (SSSR count). The first-order valence-electron chi connectivity index (χ1n) is 14.9. The normalized spacial score (nSPS) is 18.7. The molecule has 0 saturated carbocycles. The average molecular weight is 649 g/mol. The topological polar surface area (TPSA) is 131 Å². The number of benzene rings is 1. The highest BCUT2D eigenvalue weighted by Crippen LogP contribution is 2.35. The van der Waals surface area contributed by atoms with Gasteiger partial charge in [-0.3, -0.25) is 9.59 Å². The molecule has 46 heavy (non-hydrogen) atoms. The molecule has 238 valence electrons. The molecule has 2 aliphatic rings. The molecule has 2 atom stereocenters. The Balaban J connectivity index is 1.46. The van der Waals surface area contributed by atoms with Crippen molar-refractivity contribution < 1.29 is 18.3 Å². The minimum atomic E-state index is -1.08. The Bertz CT molecular complexity index is 1950. The van der Waals surface area contributed by atoms with Crippen LogP contribution in [0.25, 0.3) is 33.2 Å². The van der Waals surface area contributed by atoms with E-state index < -0.39 is 29.2 Å². The molecule has 0 bridgehead atoms. The van der Waals surface area contributed by atoms with Crippen LogP contribution in [0.15, 0.2) is 47.5 Å². The number of aromatic nitrogens is 4. The maximum atomic E-state index is 16.1. The van der Waals surface area contributed by atoms with Gasteiger partial charge in [-0.2, -0.15) is 15.2 Å². The molecule has 4 aromatic rings. The highest BCUT2D eigenvalue weighted by molar-refractivity contribution is 6.36. The van der Waals surface area contributed by atoms with Crippen LogP contribution in [0.2, 0.25) is 5.02 Å². The van der Waals surface area contributed by atoms with Gasteiger partial charge in [0.05, 0.1) is 28.2 Å². The van der Waals surface area contributed by atoms with Gasteiger partial charge in [0.15, 0.2) is 17.3 Å². The molecule has 11 nitrogen and oxygen atoms in total. The molecular formula is C32H31ClF2N8O3. The van der Waals surface area contributed by atoms with Crippen molar-refractivity contribution >= 4 is 45.1 Å². The summed E-state index contributed by atoms with van der Waals surface area (Å²) in [7, 11) is 2.02. The second-order valence-corrected chi connectivity index (χ2v) is 11.9. The number of ether oxygens (including phenoxy) is 1. The number of hydrogen-bond donors (Lipinski definition) is 1. The van der Waals surface area contributed by atoms with Gasteiger partial charge in [0.1, 0.15) is 18.1 Å². The zero-order chi connectivity index (χ0) is 32.5. The molecule has 1 aromatic carbocycles. The molecule has 3 aromatic heterocycles. The average Bonchev–Trinajstić information content (AvgIpc) is 3.45. The summed E-state index contributed by atoms with van der Waals surface area (Å²) in [4.78, 5) is 47.0. The number of likely N-dealkylation sites (N-methyl/N-ethyl adjacent to an activating group) is 1. The Labute approximate surface area is 268 Å². The number of nitrogens with one attached hydrogen (secondary N) is 1. The summed E-state index contributed by atoms with van der Waals surface area (Å²) in [5, 5.41) is 10.8. The lowest BCUT2D eigenvalue weighted by Crippen LogP contribution is -2.55. The Morgan fingerprint density at radius 2 is 2.04 bits per heavy atom. The van der Waals surface area contributed by atoms with Crippen LogP contribution in [0.3, 0.4) is 0 Å². The third-order valence-electron chi connectivity index (χ3n) is 8.61. The van der Waals surface area contributed by atoms with Gasteiger partial charge in [0.25, 0.3) is 5.91 Å². The van der Waals surface area contributed by atoms with E-state index in [4.69, 9.17) is 16.3 Å². The van der Waals surface area contributed by atoms with Crippen LogP contribution in [-0.4, -0.2) is 87.6 Å². The van der Waals surface area contributed by atoms with Crippen LogP contribution in [0.5, 0.6) is 6.01 Å². The quantitative estimate of drug-likeness (QED) is 0.272. The second kappa shape index (κ2) is 13.0. The number of aromatic amines is 1. The number of rotatable bonds is 8. The van der Waals surface area contributed by atoms with E-state index in [9.17, 15) is 19.2 Å². The Hall–Kier alpha value is -4.67. The van der Waals surface area contributed by atoms with Crippen molar-refractivity contribution in [3.05, 3.63) is 63.9 Å². The molecule has 0 spiro atoms. The number of nitrogens with zero attached hydrogens (tertiary/aromatic N) is 7. The van der Waals surface area contributed by atoms with Crippen LogP contribution < -0.4 is 15.2 Å². The number of nitriles is 1. The van der Waals surface area contributed by atoms with Gasteiger partial charge in [0, 0.05) is 43.5 Å². The van der Waals surface area contributed by atoms with Crippen LogP contribution in [-0.2, 0) is 4.79 Å². The fraction of sp³-hybridized carbons (Fsp3) is 0.375. The summed E-state index contributed by atoms with van der Waals surface area (Å²) in [6.45, 7) is 4.97. The molecule has 0 radical (unpaired) electrons. The van der Waals surface area contributed by atoms with Crippen molar-refractivity contribution in [2.24, 2.45) is 0 Å². The molecule has 2 saturated heterocycles. The van der Waals surface area contributed by atoms with E-state index >= 15 is 4.39 Å². The van der Waals surface area contributed by atoms with Crippen molar-refractivity contribution in [1.82, 2.24) is 29.7 Å². The monoisotopic (exact) mass is 648 g/mol. The maximum absolute atomic E-state index is 16.1. The molecule has 0 unspecified atom stereocenters. The number of amides is 1. The van der Waals surface area contributed by atoms with Crippen molar-refractivity contribution in [1.29, 1.82) is 5.26 Å². The fourth-order valence-electron chi connectivity index (χ4n) is 6.25. The van der Waals surface area contributed by atoms with E-state index in [1.165, 1.54) is 17.0 Å². The summed E-state index contributed by atoms with van der Waals surface area (Å²) >= 11 is 6.50. The molecule has 2 fully saturated rings. The molecule has 1 amide bonds. The standard InChI is InChI=1S/C32H31ClF2N8O3/c1-18(34)31(45)43-13-12-42(16-20(43)7-4-10-36)30-22-15-24(35)27(28-26-19(14-25(44)37-28)6-3-9-23(26)33)38-29(22)39-32(40-30)46-17-21-8-5-11-41(21)2/h3,6,9,14-15,20-21H,1,4-5,7-8,11-13,16-17H2,2H3,(H,37,44)/t20-,21-/m0/s1. The van der Waals surface area contributed by atoms with Gasteiger partial charge < -0.3 is 24.4 Å². The van der Waals surface area contributed by atoms with Crippen LogP contribution >= 0.6 is 11.6 Å². The number of anilines is 1. The third-order valence-corrected chi connectivity index (χ3v) is 8.92. The number of fused-ring (bicyclic) bond motifs is 2. The van der Waals surface area contributed by atoms with Crippen molar-refractivity contribution in [3.8, 4) is 23.5 Å². The first-order valence-corrected chi connectivity index (χ1v) is 15.3. The van der Waals surface area contributed by atoms with Crippen molar-refractivity contribution in [2.45, 2.75) is 37.8 Å². The maximum Gasteiger partial charge on any atom is 0.320 e.